The van der Waals surface area contributed by atoms with Crippen molar-refractivity contribution in [1.29, 1.82) is 0 Å². The average molecular weight is 332 g/mol. The van der Waals surface area contributed by atoms with Gasteiger partial charge in [0, 0.05) is 24.8 Å². The van der Waals surface area contributed by atoms with E-state index in [1.165, 1.54) is 0 Å². The van der Waals surface area contributed by atoms with Crippen LogP contribution in [0.4, 0.5) is 5.69 Å². The number of benzene rings is 2. The molecule has 0 aliphatic carbocycles. The highest BCUT2D eigenvalue weighted by molar-refractivity contribution is 7.92. The molecule has 0 heterocycles. The minimum atomic E-state index is -3.36. The molecule has 6 heteroatoms. The standard InChI is InChI=1S/C17H20N2O3S/c1-3-23(21,22)18-16-11-7-10-15(12-16)17(20)19(2)13-14-8-5-4-6-9-14/h4-12,18H,3,13H2,1-2H3. The fourth-order valence-electron chi connectivity index (χ4n) is 2.12. The Balaban J connectivity index is 2.13. The number of carbonyl (C=O) groups is 1. The summed E-state index contributed by atoms with van der Waals surface area (Å²) in [5.41, 5.74) is 1.87. The molecule has 2 rings (SSSR count). The van der Waals surface area contributed by atoms with E-state index < -0.39 is 10.0 Å². The van der Waals surface area contributed by atoms with Crippen LogP contribution in [0.2, 0.25) is 0 Å². The van der Waals surface area contributed by atoms with Gasteiger partial charge >= 0.3 is 0 Å². The maximum Gasteiger partial charge on any atom is 0.253 e. The van der Waals surface area contributed by atoms with E-state index in [1.807, 2.05) is 30.3 Å². The molecule has 0 aliphatic rings. The molecule has 0 radical (unpaired) electrons. The molecule has 0 saturated carbocycles. The van der Waals surface area contributed by atoms with E-state index in [2.05, 4.69) is 4.72 Å². The van der Waals surface area contributed by atoms with Crippen LogP contribution in [0.1, 0.15) is 22.8 Å². The summed E-state index contributed by atoms with van der Waals surface area (Å²) >= 11 is 0. The minimum Gasteiger partial charge on any atom is -0.337 e. The van der Waals surface area contributed by atoms with Gasteiger partial charge in [0.25, 0.3) is 5.91 Å². The second-order valence-electron chi connectivity index (χ2n) is 5.23. The first kappa shape index (κ1) is 17.0. The zero-order valence-corrected chi connectivity index (χ0v) is 14.0. The number of hydrogen-bond donors (Lipinski definition) is 1. The Morgan fingerprint density at radius 3 is 2.43 bits per heavy atom. The summed E-state index contributed by atoms with van der Waals surface area (Å²) < 4.78 is 25.7. The van der Waals surface area contributed by atoms with Crippen molar-refractivity contribution in [3.05, 3.63) is 65.7 Å². The van der Waals surface area contributed by atoms with Crippen molar-refractivity contribution in [3.63, 3.8) is 0 Å². The molecular weight excluding hydrogens is 312 g/mol. The lowest BCUT2D eigenvalue weighted by Gasteiger charge is -2.18. The van der Waals surface area contributed by atoms with Crippen LogP contribution in [0.15, 0.2) is 54.6 Å². The van der Waals surface area contributed by atoms with Gasteiger partial charge in [-0.05, 0) is 30.7 Å². The molecule has 0 spiro atoms. The van der Waals surface area contributed by atoms with Crippen LogP contribution in [0.5, 0.6) is 0 Å². The van der Waals surface area contributed by atoms with Crippen molar-refractivity contribution in [2.24, 2.45) is 0 Å². The van der Waals surface area contributed by atoms with Crippen molar-refractivity contribution < 1.29 is 13.2 Å². The summed E-state index contributed by atoms with van der Waals surface area (Å²) in [4.78, 5) is 14.1. The van der Waals surface area contributed by atoms with Crippen molar-refractivity contribution in [3.8, 4) is 0 Å². The van der Waals surface area contributed by atoms with Gasteiger partial charge in [0.2, 0.25) is 10.0 Å². The number of nitrogens with one attached hydrogen (secondary N) is 1. The molecule has 0 unspecified atom stereocenters. The number of carbonyl (C=O) groups excluding carboxylic acids is 1. The Labute approximate surface area is 137 Å². The maximum absolute atomic E-state index is 12.5. The predicted octanol–water partition coefficient (Wildman–Crippen LogP) is 2.72. The molecule has 1 N–H and O–H groups in total. The molecule has 0 saturated heterocycles. The Bertz CT molecular complexity index is 773. The highest BCUT2D eigenvalue weighted by Gasteiger charge is 2.14. The van der Waals surface area contributed by atoms with Gasteiger partial charge in [-0.2, -0.15) is 0 Å². The lowest BCUT2D eigenvalue weighted by atomic mass is 10.1. The van der Waals surface area contributed by atoms with Gasteiger partial charge in [0.15, 0.2) is 0 Å². The topological polar surface area (TPSA) is 66.5 Å². The molecule has 2 aromatic carbocycles. The monoisotopic (exact) mass is 332 g/mol. The average Bonchev–Trinajstić information content (AvgIpc) is 2.55. The number of hydrogen-bond acceptors (Lipinski definition) is 3. The fraction of sp³-hybridized carbons (Fsp3) is 0.235. The molecule has 0 atom stereocenters. The molecule has 0 aromatic heterocycles. The third-order valence-electron chi connectivity index (χ3n) is 3.37. The summed E-state index contributed by atoms with van der Waals surface area (Å²) in [5, 5.41) is 0. The van der Waals surface area contributed by atoms with Crippen molar-refractivity contribution in [1.82, 2.24) is 4.90 Å². The van der Waals surface area contributed by atoms with Gasteiger partial charge in [-0.3, -0.25) is 9.52 Å². The predicted molar refractivity (Wildman–Crippen MR) is 91.8 cm³/mol. The summed E-state index contributed by atoms with van der Waals surface area (Å²) in [6.07, 6.45) is 0. The van der Waals surface area contributed by atoms with Crippen LogP contribution in [0.3, 0.4) is 0 Å². The van der Waals surface area contributed by atoms with E-state index >= 15 is 0 Å². The van der Waals surface area contributed by atoms with Crippen molar-refractivity contribution in [2.45, 2.75) is 13.5 Å². The first-order chi connectivity index (χ1) is 10.9. The van der Waals surface area contributed by atoms with Crippen molar-refractivity contribution >= 4 is 21.6 Å². The first-order valence-electron chi connectivity index (χ1n) is 7.31. The smallest absolute Gasteiger partial charge is 0.253 e. The van der Waals surface area contributed by atoms with Crippen LogP contribution in [0.25, 0.3) is 0 Å². The lowest BCUT2D eigenvalue weighted by molar-refractivity contribution is 0.0785. The third-order valence-corrected chi connectivity index (χ3v) is 4.68. The molecule has 2 aromatic rings. The van der Waals surface area contributed by atoms with E-state index in [0.717, 1.165) is 5.56 Å². The van der Waals surface area contributed by atoms with Crippen LogP contribution in [-0.4, -0.2) is 32.0 Å². The zero-order valence-electron chi connectivity index (χ0n) is 13.2. The van der Waals surface area contributed by atoms with E-state index in [0.29, 0.717) is 17.8 Å². The summed E-state index contributed by atoms with van der Waals surface area (Å²) in [7, 11) is -1.64. The second kappa shape index (κ2) is 7.28. The van der Waals surface area contributed by atoms with Gasteiger partial charge in [-0.1, -0.05) is 36.4 Å². The normalized spacial score (nSPS) is 11.0. The van der Waals surface area contributed by atoms with E-state index in [1.54, 1.807) is 43.1 Å². The molecule has 23 heavy (non-hydrogen) atoms. The molecule has 0 bridgehead atoms. The second-order valence-corrected chi connectivity index (χ2v) is 7.24. The number of sulfonamides is 1. The van der Waals surface area contributed by atoms with Gasteiger partial charge in [0.1, 0.15) is 0 Å². The molecule has 5 nitrogen and oxygen atoms in total. The van der Waals surface area contributed by atoms with Crippen LogP contribution in [-0.2, 0) is 16.6 Å². The molecule has 0 aliphatic heterocycles. The van der Waals surface area contributed by atoms with Gasteiger partial charge < -0.3 is 4.90 Å². The molecule has 122 valence electrons. The van der Waals surface area contributed by atoms with Crippen molar-refractivity contribution in [2.75, 3.05) is 17.5 Å². The maximum atomic E-state index is 12.5. The first-order valence-corrected chi connectivity index (χ1v) is 8.96. The van der Waals surface area contributed by atoms with Gasteiger partial charge in [0.05, 0.1) is 5.75 Å². The van der Waals surface area contributed by atoms with E-state index in [9.17, 15) is 13.2 Å². The Morgan fingerprint density at radius 2 is 1.78 bits per heavy atom. The Morgan fingerprint density at radius 1 is 1.09 bits per heavy atom. The highest BCUT2D eigenvalue weighted by atomic mass is 32.2. The van der Waals surface area contributed by atoms with Crippen LogP contribution < -0.4 is 4.72 Å². The fourth-order valence-corrected chi connectivity index (χ4v) is 2.75. The van der Waals surface area contributed by atoms with Crippen LogP contribution >= 0.6 is 0 Å². The Hall–Kier alpha value is -2.34. The largest absolute Gasteiger partial charge is 0.337 e. The molecule has 1 amide bonds. The summed E-state index contributed by atoms with van der Waals surface area (Å²) in [5.74, 6) is -0.176. The van der Waals surface area contributed by atoms with Gasteiger partial charge in [-0.15, -0.1) is 0 Å². The number of amides is 1. The Kier molecular flexibility index (Phi) is 5.39. The molecular formula is C17H20N2O3S. The molecule has 0 fully saturated rings. The number of rotatable bonds is 6. The highest BCUT2D eigenvalue weighted by Crippen LogP contribution is 2.15. The minimum absolute atomic E-state index is 0.0148. The zero-order chi connectivity index (χ0) is 16.9. The number of nitrogens with zero attached hydrogens (tertiary/aromatic N) is 1. The van der Waals surface area contributed by atoms with Gasteiger partial charge in [-0.25, -0.2) is 8.42 Å². The summed E-state index contributed by atoms with van der Waals surface area (Å²) in [6, 6.07) is 16.2. The summed E-state index contributed by atoms with van der Waals surface area (Å²) in [6.45, 7) is 2.05. The third kappa shape index (κ3) is 4.82. The van der Waals surface area contributed by atoms with E-state index in [4.69, 9.17) is 0 Å². The number of anilines is 1. The quantitative estimate of drug-likeness (QED) is 0.884. The lowest BCUT2D eigenvalue weighted by Crippen LogP contribution is -2.26. The SMILES string of the molecule is CCS(=O)(=O)Nc1cccc(C(=O)N(C)Cc2ccccc2)c1. The van der Waals surface area contributed by atoms with E-state index in [-0.39, 0.29) is 11.7 Å². The van der Waals surface area contributed by atoms with Crippen LogP contribution in [0, 0.1) is 0 Å².